The zero-order valence-electron chi connectivity index (χ0n) is 16.5. The van der Waals surface area contributed by atoms with Crippen molar-refractivity contribution < 1.29 is 26.3 Å². The summed E-state index contributed by atoms with van der Waals surface area (Å²) in [7, 11) is -2.75. The highest BCUT2D eigenvalue weighted by Crippen LogP contribution is 2.39. The summed E-state index contributed by atoms with van der Waals surface area (Å²) in [6, 6.07) is 9.83. The van der Waals surface area contributed by atoms with Gasteiger partial charge in [0.1, 0.15) is 5.75 Å². The molecule has 2 aromatic rings. The maximum atomic E-state index is 13.4. The molecule has 0 spiro atoms. The lowest BCUT2D eigenvalue weighted by Gasteiger charge is -2.32. The van der Waals surface area contributed by atoms with Gasteiger partial charge < -0.3 is 4.74 Å². The minimum absolute atomic E-state index is 0.120. The van der Waals surface area contributed by atoms with Gasteiger partial charge in [0.25, 0.3) is 0 Å². The predicted octanol–water partition coefficient (Wildman–Crippen LogP) is 5.19. The van der Waals surface area contributed by atoms with Gasteiger partial charge in [0, 0.05) is 19.2 Å². The molecule has 1 aliphatic rings. The van der Waals surface area contributed by atoms with Crippen molar-refractivity contribution in [3.05, 3.63) is 59.2 Å². The SMILES string of the molecule is CC(C)Oc1cc(C(F)(F)F)cc(S(=O)(=O)N(C)[C@@H]2CCCc3ccccc32)c1. The van der Waals surface area contributed by atoms with Crippen LogP contribution in [0.5, 0.6) is 5.75 Å². The molecule has 1 aliphatic carbocycles. The van der Waals surface area contributed by atoms with Crippen molar-refractivity contribution >= 4 is 10.0 Å². The zero-order chi connectivity index (χ0) is 21.4. The predicted molar refractivity (Wildman–Crippen MR) is 104 cm³/mol. The molecule has 8 heteroatoms. The van der Waals surface area contributed by atoms with Gasteiger partial charge in [-0.1, -0.05) is 24.3 Å². The summed E-state index contributed by atoms with van der Waals surface area (Å²) in [6.07, 6.45) is -2.79. The van der Waals surface area contributed by atoms with Crippen LogP contribution < -0.4 is 4.74 Å². The van der Waals surface area contributed by atoms with Gasteiger partial charge in [-0.15, -0.1) is 0 Å². The monoisotopic (exact) mass is 427 g/mol. The highest BCUT2D eigenvalue weighted by Gasteiger charge is 2.36. The first kappa shape index (κ1) is 21.6. The molecule has 4 nitrogen and oxygen atoms in total. The Bertz CT molecular complexity index is 987. The lowest BCUT2D eigenvalue weighted by atomic mass is 9.88. The fourth-order valence-electron chi connectivity index (χ4n) is 3.66. The van der Waals surface area contributed by atoms with Crippen molar-refractivity contribution in [1.29, 1.82) is 0 Å². The van der Waals surface area contributed by atoms with Gasteiger partial charge in [0.15, 0.2) is 0 Å². The molecule has 0 aromatic heterocycles. The quantitative estimate of drug-likeness (QED) is 0.660. The number of rotatable bonds is 5. The molecule has 0 saturated carbocycles. The van der Waals surface area contributed by atoms with Crippen LogP contribution >= 0.6 is 0 Å². The van der Waals surface area contributed by atoms with Crippen molar-refractivity contribution in [2.24, 2.45) is 0 Å². The third-order valence-electron chi connectivity index (χ3n) is 5.03. The zero-order valence-corrected chi connectivity index (χ0v) is 17.3. The number of hydrogen-bond acceptors (Lipinski definition) is 3. The van der Waals surface area contributed by atoms with E-state index in [-0.39, 0.29) is 5.75 Å². The van der Waals surface area contributed by atoms with Crippen molar-refractivity contribution in [3.63, 3.8) is 0 Å². The molecule has 0 unspecified atom stereocenters. The van der Waals surface area contributed by atoms with Gasteiger partial charge in [0.2, 0.25) is 10.0 Å². The van der Waals surface area contributed by atoms with Crippen LogP contribution in [0, 0.1) is 0 Å². The molecular weight excluding hydrogens is 403 g/mol. The second kappa shape index (κ2) is 7.99. The van der Waals surface area contributed by atoms with Crippen molar-refractivity contribution in [2.45, 2.75) is 56.3 Å². The second-order valence-electron chi connectivity index (χ2n) is 7.49. The van der Waals surface area contributed by atoms with Gasteiger partial charge in [-0.05, 0) is 56.4 Å². The lowest BCUT2D eigenvalue weighted by molar-refractivity contribution is -0.137. The van der Waals surface area contributed by atoms with Crippen LogP contribution in [0.3, 0.4) is 0 Å². The van der Waals surface area contributed by atoms with E-state index in [0.29, 0.717) is 12.5 Å². The molecule has 0 heterocycles. The highest BCUT2D eigenvalue weighted by molar-refractivity contribution is 7.89. The summed E-state index contributed by atoms with van der Waals surface area (Å²) in [4.78, 5) is -0.423. The van der Waals surface area contributed by atoms with E-state index in [9.17, 15) is 21.6 Å². The summed E-state index contributed by atoms with van der Waals surface area (Å²) in [5.41, 5.74) is 0.917. The molecule has 0 N–H and O–H groups in total. The summed E-state index contributed by atoms with van der Waals surface area (Å²) in [5, 5.41) is 0. The van der Waals surface area contributed by atoms with Crippen molar-refractivity contribution in [3.8, 4) is 5.75 Å². The third-order valence-corrected chi connectivity index (χ3v) is 6.88. The summed E-state index contributed by atoms with van der Waals surface area (Å²) in [6.45, 7) is 3.33. The largest absolute Gasteiger partial charge is 0.491 e. The molecule has 29 heavy (non-hydrogen) atoms. The molecular formula is C21H24F3NO3S. The van der Waals surface area contributed by atoms with Crippen molar-refractivity contribution in [2.75, 3.05) is 7.05 Å². The van der Waals surface area contributed by atoms with Gasteiger partial charge in [-0.25, -0.2) is 8.42 Å². The van der Waals surface area contributed by atoms with E-state index in [1.54, 1.807) is 13.8 Å². The van der Waals surface area contributed by atoms with E-state index in [4.69, 9.17) is 4.74 Å². The standard InChI is InChI=1S/C21H24F3NO3S/c1-14(2)28-17-11-16(21(22,23)24)12-18(13-17)29(26,27)25(3)20-10-6-8-15-7-4-5-9-19(15)20/h4-5,7,9,11-14,20H,6,8,10H2,1-3H3/t20-/m1/s1. The Balaban J connectivity index is 2.05. The van der Waals surface area contributed by atoms with Crippen LogP contribution in [-0.2, 0) is 22.6 Å². The Hall–Kier alpha value is -2.06. The normalized spacial score (nSPS) is 17.4. The first-order chi connectivity index (χ1) is 13.5. The number of hydrogen-bond donors (Lipinski definition) is 0. The molecule has 1 atom stereocenters. The molecule has 3 rings (SSSR count). The number of sulfonamides is 1. The molecule has 0 fully saturated rings. The average Bonchev–Trinajstić information content (AvgIpc) is 2.65. The van der Waals surface area contributed by atoms with E-state index < -0.39 is 38.8 Å². The minimum atomic E-state index is -4.68. The van der Waals surface area contributed by atoms with Crippen LogP contribution in [-0.4, -0.2) is 25.9 Å². The first-order valence-corrected chi connectivity index (χ1v) is 10.9. The highest BCUT2D eigenvalue weighted by atomic mass is 32.2. The van der Waals surface area contributed by atoms with Crippen LogP contribution in [0.4, 0.5) is 13.2 Å². The Kier molecular flexibility index (Phi) is 5.96. The second-order valence-corrected chi connectivity index (χ2v) is 9.48. The fraction of sp³-hybridized carbons (Fsp3) is 0.429. The molecule has 0 bridgehead atoms. The number of halogens is 3. The van der Waals surface area contributed by atoms with Crippen LogP contribution in [0.25, 0.3) is 0 Å². The van der Waals surface area contributed by atoms with E-state index >= 15 is 0 Å². The Labute approximate surface area is 169 Å². The van der Waals surface area contributed by atoms with Crippen LogP contribution in [0.15, 0.2) is 47.4 Å². The fourth-order valence-corrected chi connectivity index (χ4v) is 5.09. The van der Waals surface area contributed by atoms with Crippen LogP contribution in [0.1, 0.15) is 49.4 Å². The molecule has 0 saturated heterocycles. The maximum absolute atomic E-state index is 13.4. The molecule has 158 valence electrons. The minimum Gasteiger partial charge on any atom is -0.491 e. The molecule has 2 aromatic carbocycles. The molecule has 0 amide bonds. The number of fused-ring (bicyclic) bond motifs is 1. The number of benzene rings is 2. The topological polar surface area (TPSA) is 46.6 Å². The average molecular weight is 427 g/mol. The van der Waals surface area contributed by atoms with E-state index in [1.807, 2.05) is 24.3 Å². The van der Waals surface area contributed by atoms with Gasteiger partial charge in [-0.3, -0.25) is 0 Å². The van der Waals surface area contributed by atoms with E-state index in [2.05, 4.69) is 0 Å². The number of aryl methyl sites for hydroxylation is 1. The van der Waals surface area contributed by atoms with Crippen LogP contribution in [0.2, 0.25) is 0 Å². The number of ether oxygens (including phenoxy) is 1. The summed E-state index contributed by atoms with van der Waals surface area (Å²) >= 11 is 0. The Morgan fingerprint density at radius 1 is 1.14 bits per heavy atom. The Morgan fingerprint density at radius 3 is 2.48 bits per heavy atom. The maximum Gasteiger partial charge on any atom is 0.416 e. The summed E-state index contributed by atoms with van der Waals surface area (Å²) < 4.78 is 73.2. The van der Waals surface area contributed by atoms with Gasteiger partial charge in [-0.2, -0.15) is 17.5 Å². The Morgan fingerprint density at radius 2 is 1.83 bits per heavy atom. The van der Waals surface area contributed by atoms with E-state index in [0.717, 1.165) is 36.1 Å². The smallest absolute Gasteiger partial charge is 0.416 e. The molecule has 0 radical (unpaired) electrons. The molecule has 0 aliphatic heterocycles. The van der Waals surface area contributed by atoms with Crippen molar-refractivity contribution in [1.82, 2.24) is 4.31 Å². The first-order valence-electron chi connectivity index (χ1n) is 9.45. The number of alkyl halides is 3. The van der Waals surface area contributed by atoms with Gasteiger partial charge in [0.05, 0.1) is 16.6 Å². The third kappa shape index (κ3) is 4.59. The van der Waals surface area contributed by atoms with Gasteiger partial charge >= 0.3 is 6.18 Å². The van der Waals surface area contributed by atoms with E-state index in [1.165, 1.54) is 11.4 Å². The lowest BCUT2D eigenvalue weighted by Crippen LogP contribution is -2.33. The number of nitrogens with zero attached hydrogens (tertiary/aromatic N) is 1. The summed E-state index contributed by atoms with van der Waals surface area (Å²) in [5.74, 6) is -0.120.